The Hall–Kier alpha value is -1.51. The van der Waals surface area contributed by atoms with E-state index in [9.17, 15) is 4.79 Å². The van der Waals surface area contributed by atoms with Gasteiger partial charge in [0.2, 0.25) is 0 Å². The number of para-hydroxylation sites is 1. The molecule has 0 aromatic heterocycles. The second kappa shape index (κ2) is 7.17. The molecule has 1 aliphatic rings. The van der Waals surface area contributed by atoms with E-state index >= 15 is 0 Å². The first-order chi connectivity index (χ1) is 9.31. The van der Waals surface area contributed by atoms with Crippen LogP contribution in [-0.2, 0) is 4.74 Å². The van der Waals surface area contributed by atoms with Crippen molar-refractivity contribution < 1.29 is 9.53 Å². The average molecular weight is 261 g/mol. The molecule has 1 aromatic rings. The predicted octanol–water partition coefficient (Wildman–Crippen LogP) is 3.86. The third-order valence-electron chi connectivity index (χ3n) is 3.89. The molecule has 104 valence electrons. The van der Waals surface area contributed by atoms with Gasteiger partial charge in [-0.3, -0.25) is 0 Å². The normalized spacial score (nSPS) is 16.7. The van der Waals surface area contributed by atoms with E-state index in [0.29, 0.717) is 5.56 Å². The molecule has 19 heavy (non-hydrogen) atoms. The molecule has 0 spiro atoms. The summed E-state index contributed by atoms with van der Waals surface area (Å²) in [6.07, 6.45) is 8.02. The van der Waals surface area contributed by atoms with Crippen LogP contribution in [0.2, 0.25) is 0 Å². The summed E-state index contributed by atoms with van der Waals surface area (Å²) in [7, 11) is 1.42. The van der Waals surface area contributed by atoms with Gasteiger partial charge in [0.25, 0.3) is 0 Å². The molecule has 3 heteroatoms. The number of benzene rings is 1. The number of hydrogen-bond donors (Lipinski definition) is 1. The number of rotatable bonds is 4. The zero-order valence-corrected chi connectivity index (χ0v) is 11.7. The Bertz CT molecular complexity index is 409. The van der Waals surface area contributed by atoms with Crippen molar-refractivity contribution in [3.8, 4) is 0 Å². The summed E-state index contributed by atoms with van der Waals surface area (Å²) in [6, 6.07) is 7.56. The molecule has 0 atom stereocenters. The Labute approximate surface area is 115 Å². The lowest BCUT2D eigenvalue weighted by atomic mass is 10.00. The molecule has 1 N–H and O–H groups in total. The lowest BCUT2D eigenvalue weighted by Crippen LogP contribution is -2.16. The first-order valence-corrected chi connectivity index (χ1v) is 7.22. The van der Waals surface area contributed by atoms with E-state index in [2.05, 4.69) is 5.32 Å². The summed E-state index contributed by atoms with van der Waals surface area (Å²) in [6.45, 7) is 0.952. The van der Waals surface area contributed by atoms with Crippen LogP contribution in [0.15, 0.2) is 24.3 Å². The monoisotopic (exact) mass is 261 g/mol. The Morgan fingerprint density at radius 2 is 1.89 bits per heavy atom. The minimum atomic E-state index is -0.274. The zero-order valence-electron chi connectivity index (χ0n) is 11.7. The molecule has 1 aliphatic carbocycles. The van der Waals surface area contributed by atoms with Gasteiger partial charge in [-0.15, -0.1) is 0 Å². The highest BCUT2D eigenvalue weighted by molar-refractivity contribution is 5.95. The molecule has 0 radical (unpaired) electrons. The first-order valence-electron chi connectivity index (χ1n) is 7.22. The number of carbonyl (C=O) groups excluding carboxylic acids is 1. The molecular weight excluding hydrogens is 238 g/mol. The number of anilines is 1. The van der Waals surface area contributed by atoms with E-state index in [1.54, 1.807) is 6.07 Å². The minimum Gasteiger partial charge on any atom is -0.465 e. The maximum Gasteiger partial charge on any atom is 0.339 e. The van der Waals surface area contributed by atoms with Crippen LogP contribution >= 0.6 is 0 Å². The molecule has 1 saturated carbocycles. The van der Waals surface area contributed by atoms with Crippen molar-refractivity contribution in [3.63, 3.8) is 0 Å². The van der Waals surface area contributed by atoms with Gasteiger partial charge in [-0.1, -0.05) is 37.8 Å². The van der Waals surface area contributed by atoms with E-state index in [1.807, 2.05) is 18.2 Å². The molecule has 0 saturated heterocycles. The van der Waals surface area contributed by atoms with Gasteiger partial charge >= 0.3 is 5.97 Å². The number of nitrogens with one attached hydrogen (secondary N) is 1. The van der Waals surface area contributed by atoms with Crippen molar-refractivity contribution in [1.82, 2.24) is 0 Å². The Balaban J connectivity index is 1.96. The Morgan fingerprint density at radius 1 is 1.21 bits per heavy atom. The predicted molar refractivity (Wildman–Crippen MR) is 77.5 cm³/mol. The molecule has 1 aromatic carbocycles. The maximum absolute atomic E-state index is 11.7. The van der Waals surface area contributed by atoms with E-state index < -0.39 is 0 Å². The van der Waals surface area contributed by atoms with Gasteiger partial charge in [-0.05, 0) is 30.9 Å². The number of methoxy groups -OCH3 is 1. The largest absolute Gasteiger partial charge is 0.465 e. The van der Waals surface area contributed by atoms with Gasteiger partial charge in [0.05, 0.1) is 12.7 Å². The minimum absolute atomic E-state index is 0.274. The van der Waals surface area contributed by atoms with Crippen LogP contribution in [0.5, 0.6) is 0 Å². The molecule has 0 aliphatic heterocycles. The average Bonchev–Trinajstić information content (AvgIpc) is 2.73. The van der Waals surface area contributed by atoms with Crippen molar-refractivity contribution in [2.75, 3.05) is 19.0 Å². The summed E-state index contributed by atoms with van der Waals surface area (Å²) >= 11 is 0. The van der Waals surface area contributed by atoms with E-state index in [-0.39, 0.29) is 5.97 Å². The molecule has 0 bridgehead atoms. The number of hydrogen-bond acceptors (Lipinski definition) is 3. The quantitative estimate of drug-likeness (QED) is 0.660. The number of esters is 1. The van der Waals surface area contributed by atoms with Crippen molar-refractivity contribution in [1.29, 1.82) is 0 Å². The van der Waals surface area contributed by atoms with Crippen LogP contribution in [0.1, 0.15) is 48.9 Å². The third kappa shape index (κ3) is 3.98. The van der Waals surface area contributed by atoms with Gasteiger partial charge < -0.3 is 10.1 Å². The number of carbonyl (C=O) groups is 1. The summed E-state index contributed by atoms with van der Waals surface area (Å²) in [5.74, 6) is 0.456. The molecule has 1 fully saturated rings. The first kappa shape index (κ1) is 13.9. The van der Waals surface area contributed by atoms with Crippen LogP contribution in [-0.4, -0.2) is 19.6 Å². The zero-order chi connectivity index (χ0) is 13.5. The highest BCUT2D eigenvalue weighted by Gasteiger charge is 2.14. The van der Waals surface area contributed by atoms with Crippen molar-refractivity contribution >= 4 is 11.7 Å². The van der Waals surface area contributed by atoms with Crippen LogP contribution < -0.4 is 5.32 Å². The van der Waals surface area contributed by atoms with E-state index in [4.69, 9.17) is 4.74 Å². The molecule has 3 nitrogen and oxygen atoms in total. The van der Waals surface area contributed by atoms with Gasteiger partial charge in [-0.2, -0.15) is 0 Å². The Kier molecular flexibility index (Phi) is 5.25. The van der Waals surface area contributed by atoms with Crippen LogP contribution in [0.4, 0.5) is 5.69 Å². The smallest absolute Gasteiger partial charge is 0.339 e. The van der Waals surface area contributed by atoms with Gasteiger partial charge in [0.1, 0.15) is 0 Å². The second-order valence-corrected chi connectivity index (χ2v) is 5.28. The summed E-state index contributed by atoms with van der Waals surface area (Å²) in [5, 5.41) is 3.43. The van der Waals surface area contributed by atoms with E-state index in [1.165, 1.54) is 45.6 Å². The van der Waals surface area contributed by atoms with Gasteiger partial charge in [-0.25, -0.2) is 4.79 Å². The summed E-state index contributed by atoms with van der Waals surface area (Å²) < 4.78 is 4.81. The fourth-order valence-electron chi connectivity index (χ4n) is 2.75. The maximum atomic E-state index is 11.7. The number of ether oxygens (including phenoxy) is 1. The van der Waals surface area contributed by atoms with Gasteiger partial charge in [0, 0.05) is 12.2 Å². The second-order valence-electron chi connectivity index (χ2n) is 5.28. The highest BCUT2D eigenvalue weighted by Crippen LogP contribution is 2.24. The fraction of sp³-hybridized carbons (Fsp3) is 0.562. The van der Waals surface area contributed by atoms with Gasteiger partial charge in [0.15, 0.2) is 0 Å². The van der Waals surface area contributed by atoms with Crippen LogP contribution in [0.3, 0.4) is 0 Å². The third-order valence-corrected chi connectivity index (χ3v) is 3.89. The lowest BCUT2D eigenvalue weighted by molar-refractivity contribution is 0.0602. The molecule has 0 amide bonds. The topological polar surface area (TPSA) is 38.3 Å². The van der Waals surface area contributed by atoms with Crippen molar-refractivity contribution in [2.45, 2.75) is 38.5 Å². The van der Waals surface area contributed by atoms with E-state index in [0.717, 1.165) is 18.2 Å². The lowest BCUT2D eigenvalue weighted by Gasteiger charge is -2.17. The highest BCUT2D eigenvalue weighted by atomic mass is 16.5. The summed E-state index contributed by atoms with van der Waals surface area (Å²) in [5.41, 5.74) is 1.51. The standard InChI is InChI=1S/C16H23NO2/c1-19-16(18)14-10-6-7-11-15(14)17-12-13-8-4-2-3-5-9-13/h6-7,10-11,13,17H,2-5,8-9,12H2,1H3. The fourth-order valence-corrected chi connectivity index (χ4v) is 2.75. The molecular formula is C16H23NO2. The molecule has 0 unspecified atom stereocenters. The van der Waals surface area contributed by atoms with Crippen molar-refractivity contribution in [2.24, 2.45) is 5.92 Å². The van der Waals surface area contributed by atoms with Crippen LogP contribution in [0.25, 0.3) is 0 Å². The van der Waals surface area contributed by atoms with Crippen LogP contribution in [0, 0.1) is 5.92 Å². The molecule has 0 heterocycles. The molecule has 2 rings (SSSR count). The SMILES string of the molecule is COC(=O)c1ccccc1NCC1CCCCCC1. The van der Waals surface area contributed by atoms with Crippen molar-refractivity contribution in [3.05, 3.63) is 29.8 Å². The Morgan fingerprint density at radius 3 is 2.58 bits per heavy atom. The summed E-state index contributed by atoms with van der Waals surface area (Å²) in [4.78, 5) is 11.7.